The predicted molar refractivity (Wildman–Crippen MR) is 74.1 cm³/mol. The Hall–Kier alpha value is -1.83. The zero-order chi connectivity index (χ0) is 14.7. The molecule has 2 heterocycles. The van der Waals surface area contributed by atoms with Crippen molar-refractivity contribution in [3.8, 4) is 0 Å². The van der Waals surface area contributed by atoms with Crippen LogP contribution in [0.5, 0.6) is 0 Å². The molecule has 0 aliphatic carbocycles. The Balaban J connectivity index is 2.64. The van der Waals surface area contributed by atoms with E-state index in [4.69, 9.17) is 12.2 Å². The molecule has 0 aromatic carbocycles. The number of imide groups is 1. The van der Waals surface area contributed by atoms with Crippen LogP contribution in [-0.4, -0.2) is 82.7 Å². The van der Waals surface area contributed by atoms with Crippen molar-refractivity contribution in [2.45, 2.75) is 5.79 Å². The van der Waals surface area contributed by atoms with Crippen molar-refractivity contribution in [2.24, 2.45) is 0 Å². The molecule has 7 nitrogen and oxygen atoms in total. The summed E-state index contributed by atoms with van der Waals surface area (Å²) < 4.78 is 0. The molecule has 2 rings (SSSR count). The van der Waals surface area contributed by atoms with Crippen molar-refractivity contribution >= 4 is 29.4 Å². The van der Waals surface area contributed by atoms with Crippen LogP contribution in [-0.2, 0) is 0 Å². The van der Waals surface area contributed by atoms with Crippen LogP contribution in [0.3, 0.4) is 0 Å². The summed E-state index contributed by atoms with van der Waals surface area (Å²) in [6.45, 7) is 4.00. The molecule has 0 N–H and O–H groups in total. The van der Waals surface area contributed by atoms with Gasteiger partial charge in [0.15, 0.2) is 5.11 Å². The molecule has 2 saturated heterocycles. The molecule has 19 heavy (non-hydrogen) atoms. The highest BCUT2D eigenvalue weighted by atomic mass is 32.1. The number of nitrogens with zero attached hydrogens (tertiary/aromatic N) is 5. The van der Waals surface area contributed by atoms with Crippen LogP contribution in [0.4, 0.5) is 9.59 Å². The number of thiocarbonyl (C=S) groups is 1. The van der Waals surface area contributed by atoms with E-state index in [1.807, 2.05) is 0 Å². The molecule has 0 aromatic rings. The van der Waals surface area contributed by atoms with Crippen LogP contribution in [0.2, 0.25) is 0 Å². The van der Waals surface area contributed by atoms with Crippen LogP contribution in [0.25, 0.3) is 0 Å². The minimum absolute atomic E-state index is 0.394. The fraction of sp³-hybridized carbons (Fsp3) is 0.545. The first-order valence-electron chi connectivity index (χ1n) is 5.69. The van der Waals surface area contributed by atoms with Gasteiger partial charge >= 0.3 is 12.1 Å². The van der Waals surface area contributed by atoms with Crippen molar-refractivity contribution in [1.82, 2.24) is 24.5 Å². The first kappa shape index (κ1) is 13.6. The number of hydrogen-bond acceptors (Lipinski definition) is 3. The van der Waals surface area contributed by atoms with Crippen LogP contribution in [0, 0.1) is 0 Å². The molecule has 0 atom stereocenters. The van der Waals surface area contributed by atoms with Gasteiger partial charge < -0.3 is 9.80 Å². The van der Waals surface area contributed by atoms with Gasteiger partial charge in [0.2, 0.25) is 5.79 Å². The largest absolute Gasteiger partial charge is 0.331 e. The van der Waals surface area contributed by atoms with E-state index in [-0.39, 0.29) is 0 Å². The second kappa shape index (κ2) is 3.83. The third kappa shape index (κ3) is 1.29. The molecule has 2 aliphatic rings. The van der Waals surface area contributed by atoms with E-state index in [2.05, 4.69) is 6.58 Å². The number of hydrogen-bond donors (Lipinski definition) is 0. The fourth-order valence-corrected chi connectivity index (χ4v) is 2.99. The number of carbonyl (C=O) groups is 2. The van der Waals surface area contributed by atoms with Crippen molar-refractivity contribution in [1.29, 1.82) is 0 Å². The Kier molecular flexibility index (Phi) is 2.74. The molecule has 1 spiro atoms. The summed E-state index contributed by atoms with van der Waals surface area (Å²) in [5.41, 5.74) is 0.569. The Morgan fingerprint density at radius 1 is 0.895 bits per heavy atom. The van der Waals surface area contributed by atoms with Gasteiger partial charge in [-0.05, 0) is 12.2 Å². The van der Waals surface area contributed by atoms with Crippen molar-refractivity contribution in [3.63, 3.8) is 0 Å². The molecule has 2 fully saturated rings. The SMILES string of the molecule is C=C1N(C)C(=S)N(C)C12N(C)C(=O)N(C)C(=O)N2C. The van der Waals surface area contributed by atoms with Gasteiger partial charge in [0.25, 0.3) is 0 Å². The lowest BCUT2D eigenvalue weighted by atomic mass is 10.1. The van der Waals surface area contributed by atoms with Gasteiger partial charge in [-0.3, -0.25) is 9.80 Å². The minimum Gasteiger partial charge on any atom is -0.320 e. The lowest BCUT2D eigenvalue weighted by molar-refractivity contribution is -0.0533. The van der Waals surface area contributed by atoms with Gasteiger partial charge in [0.1, 0.15) is 0 Å². The molecule has 0 aromatic heterocycles. The molecule has 8 heteroatoms. The quantitative estimate of drug-likeness (QED) is 0.601. The molecular formula is C11H17N5O2S. The number of rotatable bonds is 0. The van der Waals surface area contributed by atoms with Gasteiger partial charge in [-0.25, -0.2) is 14.5 Å². The number of amides is 4. The van der Waals surface area contributed by atoms with E-state index in [0.717, 1.165) is 4.90 Å². The summed E-state index contributed by atoms with van der Waals surface area (Å²) in [6.07, 6.45) is 0. The molecule has 0 saturated carbocycles. The summed E-state index contributed by atoms with van der Waals surface area (Å²) in [7, 11) is 8.22. The molecule has 4 amide bonds. The van der Waals surface area contributed by atoms with Gasteiger partial charge in [0.05, 0.1) is 5.70 Å². The van der Waals surface area contributed by atoms with Gasteiger partial charge in [-0.1, -0.05) is 6.58 Å². The summed E-state index contributed by atoms with van der Waals surface area (Å²) in [5, 5.41) is 0.508. The highest BCUT2D eigenvalue weighted by molar-refractivity contribution is 7.80. The first-order valence-corrected chi connectivity index (χ1v) is 6.10. The Bertz CT molecular complexity index is 483. The Morgan fingerprint density at radius 2 is 1.32 bits per heavy atom. The number of urea groups is 2. The fourth-order valence-electron chi connectivity index (χ4n) is 2.75. The lowest BCUT2D eigenvalue weighted by Gasteiger charge is -2.53. The zero-order valence-electron chi connectivity index (χ0n) is 11.7. The van der Waals surface area contributed by atoms with Crippen molar-refractivity contribution in [3.05, 3.63) is 12.3 Å². The molecule has 2 aliphatic heterocycles. The number of likely N-dealkylation sites (N-methyl/N-ethyl adjacent to an activating group) is 4. The van der Waals surface area contributed by atoms with Gasteiger partial charge in [-0.15, -0.1) is 0 Å². The van der Waals surface area contributed by atoms with Gasteiger partial charge in [0, 0.05) is 35.2 Å². The maximum atomic E-state index is 12.2. The first-order chi connectivity index (χ1) is 8.68. The average Bonchev–Trinajstić information content (AvgIpc) is 2.56. The number of carbonyl (C=O) groups excluding carboxylic acids is 2. The zero-order valence-corrected chi connectivity index (χ0v) is 12.5. The summed E-state index contributed by atoms with van der Waals surface area (Å²) in [4.78, 5) is 31.8. The van der Waals surface area contributed by atoms with E-state index in [1.165, 1.54) is 16.8 Å². The standard InChI is InChI=1S/C11H17N5O2S/c1-7-11(16(6)10(19)12(7)2)14(4)8(17)13(3)9(18)15(11)5/h1H2,2-6H3. The second-order valence-corrected chi connectivity index (χ2v) is 5.09. The van der Waals surface area contributed by atoms with Crippen LogP contribution < -0.4 is 0 Å². The van der Waals surface area contributed by atoms with Crippen LogP contribution in [0.15, 0.2) is 12.3 Å². The highest BCUT2D eigenvalue weighted by Crippen LogP contribution is 2.40. The van der Waals surface area contributed by atoms with Crippen molar-refractivity contribution in [2.75, 3.05) is 35.2 Å². The normalized spacial score (nSPS) is 23.3. The summed E-state index contributed by atoms with van der Waals surface area (Å²) in [5.74, 6) is -1.08. The molecule has 0 unspecified atom stereocenters. The van der Waals surface area contributed by atoms with E-state index >= 15 is 0 Å². The smallest absolute Gasteiger partial charge is 0.320 e. The third-order valence-electron chi connectivity index (χ3n) is 3.92. The maximum absolute atomic E-state index is 12.2. The monoisotopic (exact) mass is 283 g/mol. The third-order valence-corrected chi connectivity index (χ3v) is 4.46. The van der Waals surface area contributed by atoms with E-state index in [1.54, 1.807) is 38.0 Å². The van der Waals surface area contributed by atoms with E-state index in [9.17, 15) is 9.59 Å². The van der Waals surface area contributed by atoms with E-state index < -0.39 is 17.8 Å². The van der Waals surface area contributed by atoms with Crippen LogP contribution >= 0.6 is 12.2 Å². The summed E-state index contributed by atoms with van der Waals surface area (Å²) in [6, 6.07) is -0.789. The predicted octanol–water partition coefficient (Wildman–Crippen LogP) is 0.365. The molecular weight excluding hydrogens is 266 g/mol. The average molecular weight is 283 g/mol. The maximum Gasteiger partial charge on any atom is 0.331 e. The molecule has 0 radical (unpaired) electrons. The molecule has 0 bridgehead atoms. The van der Waals surface area contributed by atoms with Gasteiger partial charge in [-0.2, -0.15) is 0 Å². The topological polar surface area (TPSA) is 50.3 Å². The van der Waals surface area contributed by atoms with E-state index in [0.29, 0.717) is 10.8 Å². The lowest BCUT2D eigenvalue weighted by Crippen LogP contribution is -2.75. The van der Waals surface area contributed by atoms with Crippen molar-refractivity contribution < 1.29 is 9.59 Å². The molecule has 104 valence electrons. The second-order valence-electron chi connectivity index (χ2n) is 4.72. The Labute approximate surface area is 117 Å². The minimum atomic E-state index is -1.08. The Morgan fingerprint density at radius 3 is 1.63 bits per heavy atom. The van der Waals surface area contributed by atoms with Crippen LogP contribution in [0.1, 0.15) is 0 Å². The summed E-state index contributed by atoms with van der Waals surface area (Å²) >= 11 is 5.31. The highest BCUT2D eigenvalue weighted by Gasteiger charge is 2.61.